The second kappa shape index (κ2) is 3.74. The first-order valence-electron chi connectivity index (χ1n) is 3.21. The summed E-state index contributed by atoms with van der Waals surface area (Å²) in [5, 5.41) is -0.277. The first-order chi connectivity index (χ1) is 4.33. The second-order valence-electron chi connectivity index (χ2n) is 3.13. The highest BCUT2D eigenvalue weighted by molar-refractivity contribution is 7.19. The molecule has 0 amide bonds. The number of halogens is 2. The van der Waals surface area contributed by atoms with Gasteiger partial charge in [-0.1, -0.05) is 20.0 Å². The van der Waals surface area contributed by atoms with Crippen molar-refractivity contribution in [2.75, 3.05) is 0 Å². The van der Waals surface area contributed by atoms with Crippen LogP contribution in [0.5, 0.6) is 0 Å². The van der Waals surface area contributed by atoms with Crippen LogP contribution in [-0.4, -0.2) is 12.6 Å². The van der Waals surface area contributed by atoms with E-state index < -0.39 is 7.38 Å². The molecule has 1 unspecified atom stereocenters. The lowest BCUT2D eigenvalue weighted by molar-refractivity contribution is -0.114. The topological polar surface area (TPSA) is 17.1 Å². The molecule has 60 valence electrons. The van der Waals surface area contributed by atoms with Crippen LogP contribution in [0.4, 0.5) is 0 Å². The number of hydrogen-bond acceptors (Lipinski definition) is 1. The molecular weight excluding hydrogens is 187 g/mol. The van der Waals surface area contributed by atoms with Crippen molar-refractivity contribution in [2.45, 2.75) is 26.1 Å². The summed E-state index contributed by atoms with van der Waals surface area (Å²) in [6.45, 7) is 5.82. The Morgan fingerprint density at radius 1 is 1.60 bits per heavy atom. The summed E-state index contributed by atoms with van der Waals surface area (Å²) in [6, 6.07) is 0.761. The maximum absolute atomic E-state index is 10.6. The Labute approximate surface area is 72.4 Å². The van der Waals surface area contributed by atoms with Crippen molar-refractivity contribution in [1.29, 1.82) is 0 Å². The van der Waals surface area contributed by atoms with Crippen molar-refractivity contribution < 1.29 is 4.79 Å². The fourth-order valence-corrected chi connectivity index (χ4v) is 3.35. The minimum atomic E-state index is -1.62. The molecule has 0 aliphatic carbocycles. The predicted octanol–water partition coefficient (Wildman–Crippen LogP) is 2.83. The van der Waals surface area contributed by atoms with E-state index in [2.05, 4.69) is 0 Å². The highest BCUT2D eigenvalue weighted by Gasteiger charge is 2.23. The summed E-state index contributed by atoms with van der Waals surface area (Å²) in [5.74, 6) is -0.0826. The normalized spacial score (nSPS) is 14.9. The molecule has 10 heavy (non-hydrogen) atoms. The van der Waals surface area contributed by atoms with Gasteiger partial charge in [0.15, 0.2) is 7.38 Å². The van der Waals surface area contributed by atoms with Crippen LogP contribution in [-0.2, 0) is 4.79 Å². The Balaban J connectivity index is 3.80. The third kappa shape index (κ3) is 5.27. The molecule has 0 aromatic carbocycles. The molecular formula is C6H12Cl2OSi. The molecule has 0 spiro atoms. The summed E-state index contributed by atoms with van der Waals surface area (Å²) in [4.78, 5) is 10.6. The third-order valence-corrected chi connectivity index (χ3v) is 3.60. The van der Waals surface area contributed by atoms with Crippen LogP contribution in [0.15, 0.2) is 0 Å². The van der Waals surface area contributed by atoms with E-state index in [1.165, 1.54) is 0 Å². The van der Waals surface area contributed by atoms with Crippen LogP contribution in [0.25, 0.3) is 0 Å². The molecule has 0 heterocycles. The molecule has 4 heteroatoms. The molecule has 0 N–H and O–H groups in total. The first kappa shape index (κ1) is 10.5. The monoisotopic (exact) mass is 198 g/mol. The molecule has 1 nitrogen and oxygen atoms in total. The minimum absolute atomic E-state index is 0.0826. The van der Waals surface area contributed by atoms with Gasteiger partial charge < -0.3 is 0 Å². The standard InChI is InChI=1S/C6H12Cl2OSi/c1-5(6(7)9)4-10(2,3)8/h5H,4H2,1-3H3. The van der Waals surface area contributed by atoms with Crippen LogP contribution in [0.1, 0.15) is 6.92 Å². The van der Waals surface area contributed by atoms with E-state index >= 15 is 0 Å². The van der Waals surface area contributed by atoms with Gasteiger partial charge in [0.05, 0.1) is 0 Å². The zero-order valence-electron chi connectivity index (χ0n) is 6.45. The van der Waals surface area contributed by atoms with Crippen molar-refractivity contribution in [1.82, 2.24) is 0 Å². The van der Waals surface area contributed by atoms with Crippen molar-refractivity contribution in [3.05, 3.63) is 0 Å². The van der Waals surface area contributed by atoms with E-state index in [1.807, 2.05) is 20.0 Å². The largest absolute Gasteiger partial charge is 0.281 e. The number of hydrogen-bond donors (Lipinski definition) is 0. The SMILES string of the molecule is CC(C[Si](C)(C)Cl)C(=O)Cl. The van der Waals surface area contributed by atoms with Gasteiger partial charge in [0.1, 0.15) is 0 Å². The summed E-state index contributed by atoms with van der Waals surface area (Å²) in [6.07, 6.45) is 0. The first-order valence-corrected chi connectivity index (χ1v) is 7.81. The maximum atomic E-state index is 10.6. The summed E-state index contributed by atoms with van der Waals surface area (Å²) < 4.78 is 0. The zero-order chi connectivity index (χ0) is 8.36. The van der Waals surface area contributed by atoms with E-state index in [-0.39, 0.29) is 11.2 Å². The smallest absolute Gasteiger partial charge is 0.224 e. The molecule has 0 bridgehead atoms. The van der Waals surface area contributed by atoms with Gasteiger partial charge in [-0.25, -0.2) is 0 Å². The van der Waals surface area contributed by atoms with E-state index in [0.29, 0.717) is 0 Å². The van der Waals surface area contributed by atoms with Crippen molar-refractivity contribution >= 4 is 35.3 Å². The van der Waals surface area contributed by atoms with Crippen molar-refractivity contribution in [3.63, 3.8) is 0 Å². The van der Waals surface area contributed by atoms with Gasteiger partial charge in [0.2, 0.25) is 5.24 Å². The molecule has 0 radical (unpaired) electrons. The van der Waals surface area contributed by atoms with Gasteiger partial charge in [-0.05, 0) is 17.6 Å². The lowest BCUT2D eigenvalue weighted by atomic mass is 10.2. The molecule has 0 aliphatic heterocycles. The molecule has 0 rings (SSSR count). The predicted molar refractivity (Wildman–Crippen MR) is 48.2 cm³/mol. The Morgan fingerprint density at radius 2 is 2.00 bits per heavy atom. The molecule has 0 saturated heterocycles. The highest BCUT2D eigenvalue weighted by Crippen LogP contribution is 2.21. The van der Waals surface area contributed by atoms with Crippen LogP contribution in [0.2, 0.25) is 19.1 Å². The molecule has 0 aromatic heterocycles. The minimum Gasteiger partial charge on any atom is -0.281 e. The molecule has 0 saturated carbocycles. The van der Waals surface area contributed by atoms with Gasteiger partial charge in [-0.3, -0.25) is 4.79 Å². The molecule has 0 fully saturated rings. The fraction of sp³-hybridized carbons (Fsp3) is 0.833. The average molecular weight is 199 g/mol. The Morgan fingerprint density at radius 3 is 2.10 bits per heavy atom. The zero-order valence-corrected chi connectivity index (χ0v) is 8.96. The van der Waals surface area contributed by atoms with E-state index in [1.54, 1.807) is 0 Å². The lowest BCUT2D eigenvalue weighted by Crippen LogP contribution is -2.22. The Hall–Kier alpha value is 0.467. The average Bonchev–Trinajstić information content (AvgIpc) is 1.60. The van der Waals surface area contributed by atoms with Crippen LogP contribution in [0, 0.1) is 5.92 Å². The molecule has 0 aliphatic rings. The maximum Gasteiger partial charge on any atom is 0.224 e. The number of rotatable bonds is 3. The molecule has 0 aromatic rings. The lowest BCUT2D eigenvalue weighted by Gasteiger charge is -2.15. The highest BCUT2D eigenvalue weighted by atomic mass is 35.6. The van der Waals surface area contributed by atoms with Gasteiger partial charge in [-0.2, -0.15) is 11.1 Å². The number of carbonyl (C=O) groups excluding carboxylic acids is 1. The second-order valence-corrected chi connectivity index (χ2v) is 10.4. The summed E-state index contributed by atoms with van der Waals surface area (Å²) in [5.41, 5.74) is 0. The quantitative estimate of drug-likeness (QED) is 0.388. The van der Waals surface area contributed by atoms with E-state index in [0.717, 1.165) is 6.04 Å². The van der Waals surface area contributed by atoms with Crippen LogP contribution >= 0.6 is 22.7 Å². The van der Waals surface area contributed by atoms with Gasteiger partial charge >= 0.3 is 0 Å². The van der Waals surface area contributed by atoms with Gasteiger partial charge in [0, 0.05) is 5.92 Å². The van der Waals surface area contributed by atoms with Crippen molar-refractivity contribution in [3.8, 4) is 0 Å². The van der Waals surface area contributed by atoms with Crippen LogP contribution in [0.3, 0.4) is 0 Å². The van der Waals surface area contributed by atoms with Gasteiger partial charge in [-0.15, -0.1) is 0 Å². The van der Waals surface area contributed by atoms with Crippen molar-refractivity contribution in [2.24, 2.45) is 5.92 Å². The summed E-state index contributed by atoms with van der Waals surface area (Å²) >= 11 is 11.3. The molecule has 1 atom stereocenters. The summed E-state index contributed by atoms with van der Waals surface area (Å²) in [7, 11) is -1.62. The van der Waals surface area contributed by atoms with Crippen LogP contribution < -0.4 is 0 Å². The number of carbonyl (C=O) groups is 1. The Kier molecular flexibility index (Phi) is 3.92. The third-order valence-electron chi connectivity index (χ3n) is 1.18. The Bertz CT molecular complexity index is 130. The van der Waals surface area contributed by atoms with Gasteiger partial charge in [0.25, 0.3) is 0 Å². The van der Waals surface area contributed by atoms with E-state index in [4.69, 9.17) is 22.7 Å². The fourth-order valence-electron chi connectivity index (χ4n) is 0.808. The van der Waals surface area contributed by atoms with E-state index in [9.17, 15) is 4.79 Å².